The van der Waals surface area contributed by atoms with Crippen molar-refractivity contribution in [1.82, 2.24) is 10.3 Å². The molecule has 1 saturated heterocycles. The van der Waals surface area contributed by atoms with Crippen molar-refractivity contribution in [3.8, 4) is 11.5 Å². The second kappa shape index (κ2) is 7.02. The number of nitrogens with zero attached hydrogens (tertiary/aromatic N) is 1. The SMILES string of the molecule is O=C(Nc1ccc(Oc2ccncc2)cc1)C1CNCCO1. The maximum absolute atomic E-state index is 12.0. The van der Waals surface area contributed by atoms with Gasteiger partial charge in [0.1, 0.15) is 17.6 Å². The number of rotatable bonds is 4. The average Bonchev–Trinajstić information content (AvgIpc) is 2.58. The number of anilines is 1. The van der Waals surface area contributed by atoms with Crippen LogP contribution in [0.3, 0.4) is 0 Å². The summed E-state index contributed by atoms with van der Waals surface area (Å²) >= 11 is 0. The number of nitrogens with one attached hydrogen (secondary N) is 2. The normalized spacial score (nSPS) is 17.7. The van der Waals surface area contributed by atoms with E-state index in [-0.39, 0.29) is 5.91 Å². The lowest BCUT2D eigenvalue weighted by Gasteiger charge is -2.22. The molecule has 3 rings (SSSR count). The number of hydrogen-bond acceptors (Lipinski definition) is 5. The molecule has 2 heterocycles. The molecule has 1 aliphatic heterocycles. The molecule has 1 amide bonds. The molecule has 2 N–H and O–H groups in total. The number of pyridine rings is 1. The zero-order valence-electron chi connectivity index (χ0n) is 12.0. The summed E-state index contributed by atoms with van der Waals surface area (Å²) in [5.41, 5.74) is 0.709. The lowest BCUT2D eigenvalue weighted by Crippen LogP contribution is -2.45. The molecule has 1 aromatic carbocycles. The predicted molar refractivity (Wildman–Crippen MR) is 82.0 cm³/mol. The van der Waals surface area contributed by atoms with Crippen molar-refractivity contribution >= 4 is 11.6 Å². The van der Waals surface area contributed by atoms with Gasteiger partial charge in [-0.05, 0) is 36.4 Å². The van der Waals surface area contributed by atoms with Gasteiger partial charge < -0.3 is 20.1 Å². The van der Waals surface area contributed by atoms with E-state index >= 15 is 0 Å². The molecule has 22 heavy (non-hydrogen) atoms. The van der Waals surface area contributed by atoms with Crippen LogP contribution < -0.4 is 15.4 Å². The van der Waals surface area contributed by atoms with Crippen LogP contribution in [0.2, 0.25) is 0 Å². The quantitative estimate of drug-likeness (QED) is 0.900. The summed E-state index contributed by atoms with van der Waals surface area (Å²) in [5, 5.41) is 5.96. The van der Waals surface area contributed by atoms with Crippen molar-refractivity contribution in [2.24, 2.45) is 0 Å². The Labute approximate surface area is 128 Å². The van der Waals surface area contributed by atoms with E-state index in [2.05, 4.69) is 15.6 Å². The van der Waals surface area contributed by atoms with Crippen LogP contribution >= 0.6 is 0 Å². The Kier molecular flexibility index (Phi) is 4.62. The summed E-state index contributed by atoms with van der Waals surface area (Å²) in [5.74, 6) is 1.27. The molecule has 1 aliphatic rings. The molecule has 114 valence electrons. The van der Waals surface area contributed by atoms with Crippen LogP contribution in [-0.4, -0.2) is 36.7 Å². The largest absolute Gasteiger partial charge is 0.457 e. The van der Waals surface area contributed by atoms with Crippen molar-refractivity contribution in [1.29, 1.82) is 0 Å². The molecule has 2 aromatic rings. The fourth-order valence-corrected chi connectivity index (χ4v) is 2.11. The molecule has 1 atom stereocenters. The molecule has 0 spiro atoms. The van der Waals surface area contributed by atoms with Crippen molar-refractivity contribution in [2.45, 2.75) is 6.10 Å². The van der Waals surface area contributed by atoms with Gasteiger partial charge in [0, 0.05) is 31.2 Å². The van der Waals surface area contributed by atoms with Crippen LogP contribution in [0.15, 0.2) is 48.8 Å². The van der Waals surface area contributed by atoms with Crippen molar-refractivity contribution in [2.75, 3.05) is 25.0 Å². The summed E-state index contributed by atoms with van der Waals surface area (Å²) in [6.45, 7) is 1.87. The first-order chi connectivity index (χ1) is 10.8. The van der Waals surface area contributed by atoms with E-state index in [1.54, 1.807) is 48.8 Å². The van der Waals surface area contributed by atoms with Crippen LogP contribution in [-0.2, 0) is 9.53 Å². The summed E-state index contributed by atoms with van der Waals surface area (Å²) in [7, 11) is 0. The second-order valence-corrected chi connectivity index (χ2v) is 4.86. The van der Waals surface area contributed by atoms with Crippen LogP contribution in [0.25, 0.3) is 0 Å². The number of carbonyl (C=O) groups is 1. The lowest BCUT2D eigenvalue weighted by molar-refractivity contribution is -0.128. The molecular weight excluding hydrogens is 282 g/mol. The van der Waals surface area contributed by atoms with Gasteiger partial charge in [0.15, 0.2) is 0 Å². The summed E-state index contributed by atoms with van der Waals surface area (Å²) in [6, 6.07) is 10.8. The highest BCUT2D eigenvalue weighted by molar-refractivity contribution is 5.94. The summed E-state index contributed by atoms with van der Waals surface area (Å²) < 4.78 is 11.1. The highest BCUT2D eigenvalue weighted by Crippen LogP contribution is 2.22. The van der Waals surface area contributed by atoms with Gasteiger partial charge in [-0.3, -0.25) is 9.78 Å². The van der Waals surface area contributed by atoms with E-state index in [9.17, 15) is 4.79 Å². The van der Waals surface area contributed by atoms with Gasteiger partial charge in [-0.1, -0.05) is 0 Å². The smallest absolute Gasteiger partial charge is 0.254 e. The van der Waals surface area contributed by atoms with E-state index in [4.69, 9.17) is 9.47 Å². The molecule has 0 saturated carbocycles. The van der Waals surface area contributed by atoms with E-state index < -0.39 is 6.10 Å². The minimum atomic E-state index is -0.443. The van der Waals surface area contributed by atoms with Gasteiger partial charge in [0.25, 0.3) is 5.91 Å². The zero-order valence-corrected chi connectivity index (χ0v) is 12.0. The Morgan fingerprint density at radius 2 is 1.91 bits per heavy atom. The molecule has 1 fully saturated rings. The Hall–Kier alpha value is -2.44. The standard InChI is InChI=1S/C16H17N3O3/c20-16(15-11-18-9-10-21-15)19-12-1-3-13(4-2-12)22-14-5-7-17-8-6-14/h1-8,15,18H,9-11H2,(H,19,20). The topological polar surface area (TPSA) is 72.5 Å². The van der Waals surface area contributed by atoms with Gasteiger partial charge in [-0.25, -0.2) is 0 Å². The first kappa shape index (κ1) is 14.5. The summed E-state index contributed by atoms with van der Waals surface area (Å²) in [6.07, 6.45) is 2.89. The molecule has 1 aromatic heterocycles. The maximum Gasteiger partial charge on any atom is 0.254 e. The molecule has 6 nitrogen and oxygen atoms in total. The maximum atomic E-state index is 12.0. The monoisotopic (exact) mass is 299 g/mol. The second-order valence-electron chi connectivity index (χ2n) is 4.86. The Morgan fingerprint density at radius 3 is 2.59 bits per heavy atom. The van der Waals surface area contributed by atoms with Gasteiger partial charge >= 0.3 is 0 Å². The van der Waals surface area contributed by atoms with Crippen molar-refractivity contribution < 1.29 is 14.3 Å². The van der Waals surface area contributed by atoms with E-state index in [0.717, 1.165) is 6.54 Å². The average molecular weight is 299 g/mol. The Balaban J connectivity index is 1.58. The van der Waals surface area contributed by atoms with Crippen molar-refractivity contribution in [3.63, 3.8) is 0 Å². The van der Waals surface area contributed by atoms with E-state index in [0.29, 0.717) is 30.3 Å². The molecule has 0 aliphatic carbocycles. The summed E-state index contributed by atoms with van der Waals surface area (Å²) in [4.78, 5) is 16.0. The van der Waals surface area contributed by atoms with Crippen LogP contribution in [0.1, 0.15) is 0 Å². The number of benzene rings is 1. The number of carbonyl (C=O) groups excluding carboxylic acids is 1. The van der Waals surface area contributed by atoms with Gasteiger partial charge in [-0.15, -0.1) is 0 Å². The third-order valence-electron chi connectivity index (χ3n) is 3.23. The number of hydrogen-bond donors (Lipinski definition) is 2. The fraction of sp³-hybridized carbons (Fsp3) is 0.250. The molecule has 1 unspecified atom stereocenters. The molecule has 0 radical (unpaired) electrons. The van der Waals surface area contributed by atoms with Gasteiger partial charge in [0.2, 0.25) is 0 Å². The number of morpholine rings is 1. The third kappa shape index (κ3) is 3.81. The minimum absolute atomic E-state index is 0.144. The third-order valence-corrected chi connectivity index (χ3v) is 3.23. The van der Waals surface area contributed by atoms with E-state index in [1.165, 1.54) is 0 Å². The van der Waals surface area contributed by atoms with E-state index in [1.807, 2.05) is 0 Å². The first-order valence-corrected chi connectivity index (χ1v) is 7.12. The fourth-order valence-electron chi connectivity index (χ4n) is 2.11. The van der Waals surface area contributed by atoms with Crippen LogP contribution in [0.4, 0.5) is 5.69 Å². The Morgan fingerprint density at radius 1 is 1.18 bits per heavy atom. The van der Waals surface area contributed by atoms with Gasteiger partial charge in [0.05, 0.1) is 6.61 Å². The molecule has 0 bridgehead atoms. The lowest BCUT2D eigenvalue weighted by atomic mass is 10.2. The highest BCUT2D eigenvalue weighted by Gasteiger charge is 2.21. The highest BCUT2D eigenvalue weighted by atomic mass is 16.5. The van der Waals surface area contributed by atoms with Crippen LogP contribution in [0.5, 0.6) is 11.5 Å². The first-order valence-electron chi connectivity index (χ1n) is 7.12. The molecular formula is C16H17N3O3. The van der Waals surface area contributed by atoms with Crippen molar-refractivity contribution in [3.05, 3.63) is 48.8 Å². The zero-order chi connectivity index (χ0) is 15.2. The molecule has 6 heteroatoms. The number of ether oxygens (including phenoxy) is 2. The van der Waals surface area contributed by atoms with Gasteiger partial charge in [-0.2, -0.15) is 0 Å². The number of aromatic nitrogens is 1. The minimum Gasteiger partial charge on any atom is -0.457 e. The number of amides is 1. The predicted octanol–water partition coefficient (Wildman–Crippen LogP) is 1.80. The van der Waals surface area contributed by atoms with Crippen LogP contribution in [0, 0.1) is 0 Å². The Bertz CT molecular complexity index is 610.